The van der Waals surface area contributed by atoms with Gasteiger partial charge in [-0.3, -0.25) is 0 Å². The Morgan fingerprint density at radius 3 is 2.15 bits per heavy atom. The number of benzene rings is 1. The fourth-order valence-corrected chi connectivity index (χ4v) is 1.25. The molecular formula is C13H18. The molecule has 0 bridgehead atoms. The van der Waals surface area contributed by atoms with Gasteiger partial charge >= 0.3 is 0 Å². The SMILES string of the molecule is C1=CC1CCc1ccccc1.CC. The third kappa shape index (κ3) is 3.93. The predicted molar refractivity (Wildman–Crippen MR) is 58.7 cm³/mol. The molecule has 0 aliphatic heterocycles. The molecule has 1 aliphatic carbocycles. The number of hydrogen-bond donors (Lipinski definition) is 0. The first kappa shape index (κ1) is 10.0. The lowest BCUT2D eigenvalue weighted by molar-refractivity contribution is 0.775. The zero-order valence-electron chi connectivity index (χ0n) is 8.53. The highest BCUT2D eigenvalue weighted by atomic mass is 14.1. The molecule has 1 aromatic carbocycles. The molecule has 0 aromatic heterocycles. The van der Waals surface area contributed by atoms with E-state index in [1.165, 1.54) is 18.4 Å². The molecule has 0 N–H and O–H groups in total. The molecular weight excluding hydrogens is 156 g/mol. The standard InChI is InChI=1S/C11H12.C2H6/c1-2-4-10(5-3-1)6-7-11-8-9-11;1-2/h1-5,8-9,11H,6-7H2;1-2H3. The normalized spacial score (nSPS) is 13.4. The predicted octanol–water partition coefficient (Wildman–Crippen LogP) is 3.83. The quantitative estimate of drug-likeness (QED) is 0.611. The van der Waals surface area contributed by atoms with Crippen LogP contribution in [-0.4, -0.2) is 0 Å². The maximum atomic E-state index is 2.27. The van der Waals surface area contributed by atoms with Crippen molar-refractivity contribution in [3.8, 4) is 0 Å². The molecule has 0 saturated carbocycles. The van der Waals surface area contributed by atoms with E-state index in [4.69, 9.17) is 0 Å². The first-order valence-corrected chi connectivity index (χ1v) is 5.17. The second-order valence-corrected chi connectivity index (χ2v) is 3.07. The molecule has 70 valence electrons. The summed E-state index contributed by atoms with van der Waals surface area (Å²) in [7, 11) is 0. The van der Waals surface area contributed by atoms with Gasteiger partial charge in [0.15, 0.2) is 0 Å². The van der Waals surface area contributed by atoms with E-state index in [2.05, 4.69) is 42.5 Å². The van der Waals surface area contributed by atoms with E-state index >= 15 is 0 Å². The molecule has 0 heteroatoms. The van der Waals surface area contributed by atoms with Crippen molar-refractivity contribution >= 4 is 0 Å². The van der Waals surface area contributed by atoms with Crippen molar-refractivity contribution in [3.63, 3.8) is 0 Å². The number of rotatable bonds is 3. The van der Waals surface area contributed by atoms with Crippen molar-refractivity contribution < 1.29 is 0 Å². The van der Waals surface area contributed by atoms with Gasteiger partial charge in [0.2, 0.25) is 0 Å². The van der Waals surface area contributed by atoms with Crippen LogP contribution in [0.25, 0.3) is 0 Å². The summed E-state index contributed by atoms with van der Waals surface area (Å²) >= 11 is 0. The van der Waals surface area contributed by atoms with Gasteiger partial charge in [0, 0.05) is 0 Å². The van der Waals surface area contributed by atoms with Crippen LogP contribution >= 0.6 is 0 Å². The van der Waals surface area contributed by atoms with Crippen molar-refractivity contribution in [1.29, 1.82) is 0 Å². The molecule has 0 heterocycles. The molecule has 2 rings (SSSR count). The topological polar surface area (TPSA) is 0 Å². The van der Waals surface area contributed by atoms with E-state index in [9.17, 15) is 0 Å². The minimum atomic E-state index is 0.815. The smallest absolute Gasteiger partial charge is 0.00499 e. The summed E-state index contributed by atoms with van der Waals surface area (Å²) in [6, 6.07) is 10.7. The molecule has 0 atom stereocenters. The second kappa shape index (κ2) is 5.58. The van der Waals surface area contributed by atoms with E-state index in [0.29, 0.717) is 0 Å². The molecule has 1 aliphatic rings. The van der Waals surface area contributed by atoms with Crippen molar-refractivity contribution in [2.45, 2.75) is 26.7 Å². The summed E-state index contributed by atoms with van der Waals surface area (Å²) in [4.78, 5) is 0. The van der Waals surface area contributed by atoms with Gasteiger partial charge in [-0.2, -0.15) is 0 Å². The Hall–Kier alpha value is -1.04. The van der Waals surface area contributed by atoms with Gasteiger partial charge in [-0.25, -0.2) is 0 Å². The molecule has 0 fully saturated rings. The van der Waals surface area contributed by atoms with Crippen LogP contribution in [0.2, 0.25) is 0 Å². The molecule has 1 aromatic rings. The molecule has 13 heavy (non-hydrogen) atoms. The fourth-order valence-electron chi connectivity index (χ4n) is 1.25. The van der Waals surface area contributed by atoms with Gasteiger partial charge in [0.05, 0.1) is 0 Å². The van der Waals surface area contributed by atoms with Crippen LogP contribution in [0.3, 0.4) is 0 Å². The Balaban J connectivity index is 0.000000396. The Bertz CT molecular complexity index is 240. The average molecular weight is 174 g/mol. The lowest BCUT2D eigenvalue weighted by Gasteiger charge is -1.98. The maximum Gasteiger partial charge on any atom is -0.00499 e. The van der Waals surface area contributed by atoms with Crippen LogP contribution in [0, 0.1) is 5.92 Å². The first-order valence-electron chi connectivity index (χ1n) is 5.17. The van der Waals surface area contributed by atoms with Gasteiger partial charge in [0.25, 0.3) is 0 Å². The lowest BCUT2D eigenvalue weighted by Crippen LogP contribution is -1.85. The van der Waals surface area contributed by atoms with Crippen LogP contribution < -0.4 is 0 Å². The highest BCUT2D eigenvalue weighted by Crippen LogP contribution is 2.21. The monoisotopic (exact) mass is 174 g/mol. The summed E-state index contributed by atoms with van der Waals surface area (Å²) in [5.74, 6) is 0.815. The highest BCUT2D eigenvalue weighted by Gasteiger charge is 2.09. The summed E-state index contributed by atoms with van der Waals surface area (Å²) in [5.41, 5.74) is 1.46. The van der Waals surface area contributed by atoms with Gasteiger partial charge in [-0.1, -0.05) is 56.3 Å². The number of hydrogen-bond acceptors (Lipinski definition) is 0. The molecule has 0 nitrogen and oxygen atoms in total. The number of aryl methyl sites for hydroxylation is 1. The van der Waals surface area contributed by atoms with E-state index in [1.807, 2.05) is 13.8 Å². The van der Waals surface area contributed by atoms with Crippen LogP contribution in [0.4, 0.5) is 0 Å². The van der Waals surface area contributed by atoms with Gasteiger partial charge in [0.1, 0.15) is 0 Å². The number of allylic oxidation sites excluding steroid dienone is 2. The van der Waals surface area contributed by atoms with Crippen molar-refractivity contribution in [1.82, 2.24) is 0 Å². The Morgan fingerprint density at radius 2 is 1.62 bits per heavy atom. The Labute approximate surface area is 81.3 Å². The van der Waals surface area contributed by atoms with Crippen molar-refractivity contribution in [2.24, 2.45) is 5.92 Å². The minimum absolute atomic E-state index is 0.815. The summed E-state index contributed by atoms with van der Waals surface area (Å²) in [5, 5.41) is 0. The van der Waals surface area contributed by atoms with Gasteiger partial charge in [-0.15, -0.1) is 0 Å². The van der Waals surface area contributed by atoms with Crippen LogP contribution in [0.1, 0.15) is 25.8 Å². The minimum Gasteiger partial charge on any atom is -0.0810 e. The molecule has 0 unspecified atom stereocenters. The summed E-state index contributed by atoms with van der Waals surface area (Å²) in [6.07, 6.45) is 7.05. The zero-order valence-corrected chi connectivity index (χ0v) is 8.53. The van der Waals surface area contributed by atoms with Crippen LogP contribution in [0.15, 0.2) is 42.5 Å². The lowest BCUT2D eigenvalue weighted by atomic mass is 10.1. The van der Waals surface area contributed by atoms with Crippen LogP contribution in [-0.2, 0) is 6.42 Å². The van der Waals surface area contributed by atoms with E-state index < -0.39 is 0 Å². The van der Waals surface area contributed by atoms with Crippen LogP contribution in [0.5, 0.6) is 0 Å². The summed E-state index contributed by atoms with van der Waals surface area (Å²) < 4.78 is 0. The summed E-state index contributed by atoms with van der Waals surface area (Å²) in [6.45, 7) is 4.00. The third-order valence-corrected chi connectivity index (χ3v) is 2.07. The largest absolute Gasteiger partial charge is 0.0810 e. The van der Waals surface area contributed by atoms with E-state index in [1.54, 1.807) is 0 Å². The molecule has 0 amide bonds. The molecule has 0 saturated heterocycles. The second-order valence-electron chi connectivity index (χ2n) is 3.07. The average Bonchev–Trinajstić information content (AvgIpc) is 3.03. The van der Waals surface area contributed by atoms with Crippen molar-refractivity contribution in [2.75, 3.05) is 0 Å². The maximum absolute atomic E-state index is 2.27. The first-order chi connectivity index (χ1) is 6.45. The van der Waals surface area contributed by atoms with E-state index in [-0.39, 0.29) is 0 Å². The highest BCUT2D eigenvalue weighted by molar-refractivity contribution is 5.18. The Morgan fingerprint density at radius 1 is 1.00 bits per heavy atom. The fraction of sp³-hybridized carbons (Fsp3) is 0.385. The zero-order chi connectivity index (χ0) is 9.52. The molecule has 0 radical (unpaired) electrons. The van der Waals surface area contributed by atoms with Gasteiger partial charge in [-0.05, 0) is 24.3 Å². The third-order valence-electron chi connectivity index (χ3n) is 2.07. The van der Waals surface area contributed by atoms with E-state index in [0.717, 1.165) is 5.92 Å². The molecule has 0 spiro atoms. The Kier molecular flexibility index (Phi) is 4.31. The van der Waals surface area contributed by atoms with Gasteiger partial charge < -0.3 is 0 Å². The van der Waals surface area contributed by atoms with Crippen molar-refractivity contribution in [3.05, 3.63) is 48.0 Å².